The molecule has 2 nitrogen and oxygen atoms in total. The molecule has 0 aliphatic heterocycles. The van der Waals surface area contributed by atoms with Crippen LogP contribution in [0, 0.1) is 13.8 Å². The van der Waals surface area contributed by atoms with Crippen LogP contribution in [-0.2, 0) is 6.42 Å². The molecule has 2 N–H and O–H groups in total. The minimum absolute atomic E-state index is 0.260. The Balaban J connectivity index is 2.79. The van der Waals surface area contributed by atoms with E-state index in [-0.39, 0.29) is 6.10 Å². The van der Waals surface area contributed by atoms with Crippen LogP contribution in [0.4, 0.5) is 0 Å². The molecule has 1 rings (SSSR count). The molecule has 0 aliphatic carbocycles. The van der Waals surface area contributed by atoms with E-state index < -0.39 is 0 Å². The van der Waals surface area contributed by atoms with Crippen LogP contribution in [0.1, 0.15) is 30.0 Å². The maximum absolute atomic E-state index is 9.56. The van der Waals surface area contributed by atoms with Gasteiger partial charge in [-0.2, -0.15) is 0 Å². The molecule has 2 heteroatoms. The zero-order valence-corrected chi connectivity index (χ0v) is 9.04. The number of hydrogen-bond donors (Lipinski definition) is 2. The number of rotatable bonds is 3. The first-order chi connectivity index (χ1) is 6.50. The van der Waals surface area contributed by atoms with Crippen molar-refractivity contribution in [3.63, 3.8) is 0 Å². The van der Waals surface area contributed by atoms with Crippen LogP contribution in [0.15, 0.2) is 12.1 Å². The van der Waals surface area contributed by atoms with Gasteiger partial charge in [-0.05, 0) is 50.3 Å². The summed E-state index contributed by atoms with van der Waals surface area (Å²) in [6.07, 6.45) is 1.37. The molecule has 0 aliphatic rings. The Morgan fingerprint density at radius 2 is 1.71 bits per heavy atom. The van der Waals surface area contributed by atoms with Crippen LogP contribution in [0.25, 0.3) is 0 Å². The number of aromatic hydroxyl groups is 1. The lowest BCUT2D eigenvalue weighted by Crippen LogP contribution is -2.01. The number of aryl methyl sites for hydroxylation is 3. The van der Waals surface area contributed by atoms with Crippen molar-refractivity contribution in [2.24, 2.45) is 0 Å². The van der Waals surface area contributed by atoms with E-state index in [0.717, 1.165) is 24.0 Å². The molecule has 0 radical (unpaired) electrons. The third kappa shape index (κ3) is 2.74. The number of aliphatic hydroxyl groups is 1. The molecule has 0 amide bonds. The number of phenols is 1. The Morgan fingerprint density at radius 3 is 2.14 bits per heavy atom. The van der Waals surface area contributed by atoms with Crippen molar-refractivity contribution in [1.82, 2.24) is 0 Å². The molecule has 0 spiro atoms. The van der Waals surface area contributed by atoms with Crippen molar-refractivity contribution in [3.8, 4) is 5.75 Å². The fourth-order valence-electron chi connectivity index (χ4n) is 1.57. The fraction of sp³-hybridized carbons (Fsp3) is 0.500. The molecule has 0 fully saturated rings. The van der Waals surface area contributed by atoms with E-state index in [2.05, 4.69) is 0 Å². The minimum Gasteiger partial charge on any atom is -0.507 e. The molecule has 1 aromatic rings. The quantitative estimate of drug-likeness (QED) is 0.775. The molecule has 14 heavy (non-hydrogen) atoms. The molecule has 0 aromatic heterocycles. The first-order valence-electron chi connectivity index (χ1n) is 4.98. The molecular weight excluding hydrogens is 176 g/mol. The third-order valence-corrected chi connectivity index (χ3v) is 2.40. The van der Waals surface area contributed by atoms with Gasteiger partial charge in [0.25, 0.3) is 0 Å². The van der Waals surface area contributed by atoms with Crippen LogP contribution < -0.4 is 0 Å². The van der Waals surface area contributed by atoms with Crippen LogP contribution >= 0.6 is 0 Å². The highest BCUT2D eigenvalue weighted by Gasteiger charge is 2.04. The molecule has 0 saturated heterocycles. The SMILES string of the molecule is Cc1cc(CC[C@@H](C)O)cc(C)c1O. The summed E-state index contributed by atoms with van der Waals surface area (Å²) in [6.45, 7) is 5.59. The van der Waals surface area contributed by atoms with Crippen molar-refractivity contribution < 1.29 is 10.2 Å². The summed E-state index contributed by atoms with van der Waals surface area (Å²) in [5.74, 6) is 0.380. The van der Waals surface area contributed by atoms with Crippen molar-refractivity contribution in [2.75, 3.05) is 0 Å². The highest BCUT2D eigenvalue weighted by atomic mass is 16.3. The maximum atomic E-state index is 9.56. The summed E-state index contributed by atoms with van der Waals surface area (Å²) in [7, 11) is 0. The lowest BCUT2D eigenvalue weighted by molar-refractivity contribution is 0.185. The maximum Gasteiger partial charge on any atom is 0.121 e. The van der Waals surface area contributed by atoms with E-state index in [9.17, 15) is 5.11 Å². The Hall–Kier alpha value is -1.02. The van der Waals surface area contributed by atoms with Crippen molar-refractivity contribution in [1.29, 1.82) is 0 Å². The first-order valence-corrected chi connectivity index (χ1v) is 4.98. The summed E-state index contributed by atoms with van der Waals surface area (Å²) in [5, 5.41) is 18.7. The second kappa shape index (κ2) is 4.47. The molecule has 78 valence electrons. The van der Waals surface area contributed by atoms with Crippen molar-refractivity contribution >= 4 is 0 Å². The molecule has 1 aromatic carbocycles. The predicted molar refractivity (Wildman–Crippen MR) is 57.6 cm³/mol. The van der Waals surface area contributed by atoms with E-state index in [1.165, 1.54) is 5.56 Å². The Kier molecular flexibility index (Phi) is 3.53. The first kappa shape index (κ1) is 11.1. The van der Waals surface area contributed by atoms with Gasteiger partial charge in [0, 0.05) is 0 Å². The summed E-state index contributed by atoms with van der Waals surface area (Å²) < 4.78 is 0. The van der Waals surface area contributed by atoms with Gasteiger partial charge >= 0.3 is 0 Å². The lowest BCUT2D eigenvalue weighted by atomic mass is 10.0. The average molecular weight is 194 g/mol. The van der Waals surface area contributed by atoms with Gasteiger partial charge in [-0.1, -0.05) is 12.1 Å². The summed E-state index contributed by atoms with van der Waals surface area (Å²) >= 11 is 0. The van der Waals surface area contributed by atoms with Crippen molar-refractivity contribution in [3.05, 3.63) is 28.8 Å². The molecule has 0 unspecified atom stereocenters. The van der Waals surface area contributed by atoms with E-state index >= 15 is 0 Å². The number of aliphatic hydroxyl groups excluding tert-OH is 1. The monoisotopic (exact) mass is 194 g/mol. The molecule has 0 bridgehead atoms. The third-order valence-electron chi connectivity index (χ3n) is 2.40. The summed E-state index contributed by atoms with van der Waals surface area (Å²) in [6, 6.07) is 3.95. The summed E-state index contributed by atoms with van der Waals surface area (Å²) in [4.78, 5) is 0. The van der Waals surface area contributed by atoms with Gasteiger partial charge in [-0.3, -0.25) is 0 Å². The highest BCUT2D eigenvalue weighted by molar-refractivity contribution is 5.42. The second-order valence-electron chi connectivity index (χ2n) is 3.97. The van der Waals surface area contributed by atoms with Crippen molar-refractivity contribution in [2.45, 2.75) is 39.7 Å². The van der Waals surface area contributed by atoms with Gasteiger partial charge in [0.05, 0.1) is 6.10 Å². The summed E-state index contributed by atoms with van der Waals surface area (Å²) in [5.41, 5.74) is 3.00. The number of benzene rings is 1. The van der Waals surface area contributed by atoms with E-state index in [0.29, 0.717) is 5.75 Å². The molecule has 0 heterocycles. The van der Waals surface area contributed by atoms with Gasteiger partial charge in [0.1, 0.15) is 5.75 Å². The predicted octanol–water partition coefficient (Wildman–Crippen LogP) is 2.32. The van der Waals surface area contributed by atoms with Gasteiger partial charge < -0.3 is 10.2 Å². The Morgan fingerprint density at radius 1 is 1.21 bits per heavy atom. The zero-order valence-electron chi connectivity index (χ0n) is 9.04. The zero-order chi connectivity index (χ0) is 10.7. The topological polar surface area (TPSA) is 40.5 Å². The standard InChI is InChI=1S/C12H18O2/c1-8-6-11(5-4-10(3)13)7-9(2)12(8)14/h6-7,10,13-14H,4-5H2,1-3H3/t10-/m1/s1. The number of hydrogen-bond acceptors (Lipinski definition) is 2. The minimum atomic E-state index is -0.260. The Bertz CT molecular complexity index is 293. The average Bonchev–Trinajstić information content (AvgIpc) is 2.10. The van der Waals surface area contributed by atoms with Crippen LogP contribution in [0.3, 0.4) is 0 Å². The van der Waals surface area contributed by atoms with Crippen LogP contribution in [0.5, 0.6) is 5.75 Å². The van der Waals surface area contributed by atoms with Gasteiger partial charge in [0.15, 0.2) is 0 Å². The lowest BCUT2D eigenvalue weighted by Gasteiger charge is -2.08. The van der Waals surface area contributed by atoms with E-state index in [1.54, 1.807) is 6.92 Å². The van der Waals surface area contributed by atoms with Gasteiger partial charge in [-0.25, -0.2) is 0 Å². The second-order valence-corrected chi connectivity index (χ2v) is 3.97. The normalized spacial score (nSPS) is 12.9. The van der Waals surface area contributed by atoms with E-state index in [4.69, 9.17) is 5.11 Å². The largest absolute Gasteiger partial charge is 0.507 e. The molecule has 0 saturated carbocycles. The smallest absolute Gasteiger partial charge is 0.121 e. The molecule has 1 atom stereocenters. The van der Waals surface area contributed by atoms with Crippen LogP contribution in [-0.4, -0.2) is 16.3 Å². The van der Waals surface area contributed by atoms with Gasteiger partial charge in [-0.15, -0.1) is 0 Å². The number of phenolic OH excluding ortho intramolecular Hbond substituents is 1. The van der Waals surface area contributed by atoms with Gasteiger partial charge in [0.2, 0.25) is 0 Å². The fourth-order valence-corrected chi connectivity index (χ4v) is 1.57. The van der Waals surface area contributed by atoms with Crippen LogP contribution in [0.2, 0.25) is 0 Å². The highest BCUT2D eigenvalue weighted by Crippen LogP contribution is 2.23. The molecular formula is C12H18O2. The Labute approximate surface area is 85.2 Å². The van der Waals surface area contributed by atoms with E-state index in [1.807, 2.05) is 26.0 Å².